The van der Waals surface area contributed by atoms with Crippen LogP contribution in [0.2, 0.25) is 0 Å². The zero-order valence-corrected chi connectivity index (χ0v) is 29.2. The molecule has 5 rings (SSSR count). The largest absolute Gasteiger partial charge is 0.455 e. The summed E-state index contributed by atoms with van der Waals surface area (Å²) < 4.78 is 21.9. The molecule has 0 aliphatic heterocycles. The van der Waals surface area contributed by atoms with Gasteiger partial charge < -0.3 is 23.8 Å². The van der Waals surface area contributed by atoms with Crippen molar-refractivity contribution in [3.8, 4) is 11.5 Å². The Kier molecular flexibility index (Phi) is 11.9. The first kappa shape index (κ1) is 36.0. The third kappa shape index (κ3) is 9.86. The number of carbonyl (C=O) groups is 2. The molecule has 0 N–H and O–H groups in total. The van der Waals surface area contributed by atoms with E-state index < -0.39 is 24.5 Å². The van der Waals surface area contributed by atoms with Crippen LogP contribution in [0.15, 0.2) is 147 Å². The molecule has 0 fully saturated rings. The number of hydrogen-bond donors (Lipinski definition) is 0. The fourth-order valence-electron chi connectivity index (χ4n) is 5.34. The molecular weight excluding hydrogens is 638 g/mol. The molecule has 0 bridgehead atoms. The van der Waals surface area contributed by atoms with Crippen LogP contribution in [-0.2, 0) is 19.1 Å². The van der Waals surface area contributed by atoms with Crippen LogP contribution in [0, 0.1) is 13.8 Å². The second-order valence-electron chi connectivity index (χ2n) is 11.9. The Morgan fingerprint density at radius 1 is 0.549 bits per heavy atom. The van der Waals surface area contributed by atoms with E-state index in [1.807, 2.05) is 48.5 Å². The molecule has 51 heavy (non-hydrogen) atoms. The molecule has 0 saturated carbocycles. The standard InChI is InChI=1S/C44H41NO6/c1-7-43(46)50-32(5)48-40-25-15-35(16-26-40)42(36-17-27-41(28-18-36)49-33(6)51-44(47)8-2)29-34-13-23-39(24-14-34)45(37-19-9-30(3)10-20-37)38-21-11-31(4)12-22-38/h7-29,32-33H,1-2H2,3-6H3. The van der Waals surface area contributed by atoms with Gasteiger partial charge in [-0.2, -0.15) is 0 Å². The van der Waals surface area contributed by atoms with Crippen molar-refractivity contribution in [3.05, 3.63) is 174 Å². The summed E-state index contributed by atoms with van der Waals surface area (Å²) in [7, 11) is 0. The van der Waals surface area contributed by atoms with Crippen molar-refractivity contribution in [2.24, 2.45) is 0 Å². The summed E-state index contributed by atoms with van der Waals surface area (Å²) in [5, 5.41) is 0. The molecule has 0 heterocycles. The van der Waals surface area contributed by atoms with Crippen molar-refractivity contribution in [2.45, 2.75) is 40.3 Å². The van der Waals surface area contributed by atoms with Crippen molar-refractivity contribution in [1.29, 1.82) is 0 Å². The van der Waals surface area contributed by atoms with Gasteiger partial charge >= 0.3 is 11.9 Å². The van der Waals surface area contributed by atoms with E-state index in [0.717, 1.165) is 51.5 Å². The fraction of sp³-hybridized carbons (Fsp3) is 0.136. The molecule has 5 aromatic carbocycles. The second kappa shape index (κ2) is 16.9. The zero-order chi connectivity index (χ0) is 36.3. The first-order chi connectivity index (χ1) is 24.6. The normalized spacial score (nSPS) is 11.7. The van der Waals surface area contributed by atoms with Crippen LogP contribution < -0.4 is 14.4 Å². The van der Waals surface area contributed by atoms with Gasteiger partial charge in [0.1, 0.15) is 11.5 Å². The second-order valence-corrected chi connectivity index (χ2v) is 11.9. The molecule has 0 saturated heterocycles. The minimum atomic E-state index is -0.782. The highest BCUT2D eigenvalue weighted by atomic mass is 16.7. The predicted octanol–water partition coefficient (Wildman–Crippen LogP) is 10.3. The van der Waals surface area contributed by atoms with Crippen molar-refractivity contribution < 1.29 is 28.5 Å². The molecule has 2 unspecified atom stereocenters. The van der Waals surface area contributed by atoms with Crippen LogP contribution in [0.4, 0.5) is 17.1 Å². The first-order valence-corrected chi connectivity index (χ1v) is 16.6. The van der Waals surface area contributed by atoms with Gasteiger partial charge in [-0.25, -0.2) is 9.59 Å². The van der Waals surface area contributed by atoms with Crippen LogP contribution in [0.1, 0.15) is 41.7 Å². The Morgan fingerprint density at radius 3 is 1.25 bits per heavy atom. The van der Waals surface area contributed by atoms with Crippen molar-refractivity contribution >= 4 is 40.6 Å². The topological polar surface area (TPSA) is 74.3 Å². The number of nitrogens with zero attached hydrogens (tertiary/aromatic N) is 1. The van der Waals surface area contributed by atoms with Crippen molar-refractivity contribution in [1.82, 2.24) is 0 Å². The van der Waals surface area contributed by atoms with E-state index >= 15 is 0 Å². The van der Waals surface area contributed by atoms with Crippen molar-refractivity contribution in [2.75, 3.05) is 4.90 Å². The highest BCUT2D eigenvalue weighted by molar-refractivity contribution is 5.92. The van der Waals surface area contributed by atoms with Gasteiger partial charge in [-0.05, 0) is 103 Å². The van der Waals surface area contributed by atoms with Crippen LogP contribution in [0.3, 0.4) is 0 Å². The summed E-state index contributed by atoms with van der Waals surface area (Å²) in [4.78, 5) is 25.4. The third-order valence-corrected chi connectivity index (χ3v) is 7.88. The molecule has 5 aromatic rings. The van der Waals surface area contributed by atoms with Gasteiger partial charge in [-0.15, -0.1) is 0 Å². The Balaban J connectivity index is 1.48. The van der Waals surface area contributed by atoms with Crippen LogP contribution >= 0.6 is 0 Å². The monoisotopic (exact) mass is 679 g/mol. The number of aryl methyl sites for hydroxylation is 2. The Hall–Kier alpha value is -6.34. The third-order valence-electron chi connectivity index (χ3n) is 7.88. The van der Waals surface area contributed by atoms with E-state index in [2.05, 4.69) is 111 Å². The fourth-order valence-corrected chi connectivity index (χ4v) is 5.34. The lowest BCUT2D eigenvalue weighted by Gasteiger charge is -2.26. The maximum absolute atomic E-state index is 11.6. The number of carbonyl (C=O) groups excluding carboxylic acids is 2. The van der Waals surface area contributed by atoms with Crippen LogP contribution in [-0.4, -0.2) is 24.5 Å². The highest BCUT2D eigenvalue weighted by Gasteiger charge is 2.14. The average molecular weight is 680 g/mol. The summed E-state index contributed by atoms with van der Waals surface area (Å²) in [5.74, 6) is -0.0226. The molecule has 2 atom stereocenters. The van der Waals surface area contributed by atoms with E-state index in [9.17, 15) is 9.59 Å². The number of hydrogen-bond acceptors (Lipinski definition) is 7. The van der Waals surface area contributed by atoms with Crippen LogP contribution in [0.5, 0.6) is 11.5 Å². The molecule has 0 aliphatic rings. The minimum Gasteiger partial charge on any atom is -0.455 e. The molecule has 0 amide bonds. The molecule has 7 nitrogen and oxygen atoms in total. The van der Waals surface area contributed by atoms with Gasteiger partial charge in [0.15, 0.2) is 0 Å². The van der Waals surface area contributed by atoms with Gasteiger partial charge in [0.05, 0.1) is 0 Å². The average Bonchev–Trinajstić information content (AvgIpc) is 3.13. The predicted molar refractivity (Wildman–Crippen MR) is 203 cm³/mol. The van der Waals surface area contributed by atoms with E-state index in [1.54, 1.807) is 13.8 Å². The highest BCUT2D eigenvalue weighted by Crippen LogP contribution is 2.36. The Bertz CT molecular complexity index is 1860. The van der Waals surface area contributed by atoms with E-state index in [0.29, 0.717) is 11.5 Å². The SMILES string of the molecule is C=CC(=O)OC(C)Oc1ccc(C(=Cc2ccc(N(c3ccc(C)cc3)c3ccc(C)cc3)cc2)c2ccc(OC(C)OC(=O)C=C)cc2)cc1. The lowest BCUT2D eigenvalue weighted by molar-refractivity contribution is -0.156. The maximum Gasteiger partial charge on any atom is 0.333 e. The molecule has 0 aliphatic carbocycles. The zero-order valence-electron chi connectivity index (χ0n) is 29.2. The smallest absolute Gasteiger partial charge is 0.333 e. The molecule has 0 radical (unpaired) electrons. The number of anilines is 3. The lowest BCUT2D eigenvalue weighted by atomic mass is 9.95. The lowest BCUT2D eigenvalue weighted by Crippen LogP contribution is -2.19. The Labute approximate surface area is 299 Å². The molecule has 0 spiro atoms. The number of esters is 2. The summed E-state index contributed by atoms with van der Waals surface area (Å²) in [6.45, 7) is 14.3. The summed E-state index contributed by atoms with van der Waals surface area (Å²) in [6.07, 6.45) is 2.75. The molecule has 258 valence electrons. The minimum absolute atomic E-state index is 0.547. The quantitative estimate of drug-likeness (QED) is 0.0500. The van der Waals surface area contributed by atoms with Gasteiger partial charge in [0.2, 0.25) is 12.6 Å². The number of ether oxygens (including phenoxy) is 4. The number of benzene rings is 5. The van der Waals surface area contributed by atoms with Crippen molar-refractivity contribution in [3.63, 3.8) is 0 Å². The van der Waals surface area contributed by atoms with Crippen LogP contribution in [0.25, 0.3) is 11.6 Å². The van der Waals surface area contributed by atoms with Gasteiger partial charge in [-0.1, -0.05) is 84.9 Å². The Morgan fingerprint density at radius 2 is 0.902 bits per heavy atom. The summed E-state index contributed by atoms with van der Waals surface area (Å²) in [6, 6.07) is 40.6. The maximum atomic E-state index is 11.6. The molecular formula is C44H41NO6. The summed E-state index contributed by atoms with van der Waals surface area (Å²) >= 11 is 0. The molecule has 0 aromatic heterocycles. The van der Waals surface area contributed by atoms with Gasteiger partial charge in [0.25, 0.3) is 0 Å². The van der Waals surface area contributed by atoms with Gasteiger partial charge in [0, 0.05) is 43.1 Å². The molecule has 7 heteroatoms. The van der Waals surface area contributed by atoms with E-state index in [1.165, 1.54) is 11.1 Å². The number of rotatable bonds is 14. The summed E-state index contributed by atoms with van der Waals surface area (Å²) in [5.41, 5.74) is 9.39. The van der Waals surface area contributed by atoms with E-state index in [-0.39, 0.29) is 0 Å². The van der Waals surface area contributed by atoms with Gasteiger partial charge in [-0.3, -0.25) is 0 Å². The van der Waals surface area contributed by atoms with E-state index in [4.69, 9.17) is 18.9 Å². The first-order valence-electron chi connectivity index (χ1n) is 16.6.